The Morgan fingerprint density at radius 1 is 1.50 bits per heavy atom. The molecule has 0 saturated carbocycles. The van der Waals surface area contributed by atoms with E-state index in [2.05, 4.69) is 24.0 Å². The maximum atomic E-state index is 12.6. The number of aromatic nitrogens is 1. The Balaban J connectivity index is 2.86. The molecular formula is C13H22N4O2S. The summed E-state index contributed by atoms with van der Waals surface area (Å²) in [5, 5.41) is 12.4. The number of rotatable bonds is 6. The van der Waals surface area contributed by atoms with Gasteiger partial charge in [-0.15, -0.1) is 11.3 Å². The molecule has 6 nitrogen and oxygen atoms in total. The molecule has 1 aromatic heterocycles. The second kappa shape index (κ2) is 7.23. The van der Waals surface area contributed by atoms with Crippen LogP contribution in [0.15, 0.2) is 5.16 Å². The normalized spacial score (nSPS) is 11.9. The summed E-state index contributed by atoms with van der Waals surface area (Å²) in [5.74, 6) is 0.442. The summed E-state index contributed by atoms with van der Waals surface area (Å²) in [7, 11) is 0. The molecule has 1 rings (SSSR count). The van der Waals surface area contributed by atoms with Crippen LogP contribution >= 0.6 is 11.3 Å². The first kappa shape index (κ1) is 16.4. The minimum Gasteiger partial charge on any atom is -0.409 e. The number of nitrogens with two attached hydrogens (primary N) is 1. The van der Waals surface area contributed by atoms with Crippen LogP contribution in [0.2, 0.25) is 0 Å². The van der Waals surface area contributed by atoms with E-state index in [1.54, 1.807) is 4.90 Å². The van der Waals surface area contributed by atoms with Gasteiger partial charge < -0.3 is 15.8 Å². The smallest absolute Gasteiger partial charge is 0.265 e. The summed E-state index contributed by atoms with van der Waals surface area (Å²) in [6, 6.07) is 0. The third-order valence-electron chi connectivity index (χ3n) is 2.74. The summed E-state index contributed by atoms with van der Waals surface area (Å²) in [4.78, 5) is 19.3. The van der Waals surface area contributed by atoms with Crippen LogP contribution in [-0.4, -0.2) is 39.9 Å². The lowest BCUT2D eigenvalue weighted by Crippen LogP contribution is -2.36. The molecule has 0 radical (unpaired) electrons. The van der Waals surface area contributed by atoms with E-state index in [1.165, 1.54) is 11.3 Å². The Bertz CT molecular complexity index is 497. The lowest BCUT2D eigenvalue weighted by molar-refractivity contribution is 0.0744. The van der Waals surface area contributed by atoms with E-state index in [0.717, 1.165) is 10.7 Å². The van der Waals surface area contributed by atoms with Gasteiger partial charge in [-0.2, -0.15) is 0 Å². The zero-order valence-electron chi connectivity index (χ0n) is 12.4. The van der Waals surface area contributed by atoms with Crippen LogP contribution in [0.5, 0.6) is 0 Å². The van der Waals surface area contributed by atoms with Crippen molar-refractivity contribution in [1.29, 1.82) is 0 Å². The molecule has 0 saturated heterocycles. The summed E-state index contributed by atoms with van der Waals surface area (Å²) in [6.07, 6.45) is 0.353. The first-order valence-corrected chi connectivity index (χ1v) is 7.36. The Morgan fingerprint density at radius 3 is 2.60 bits per heavy atom. The lowest BCUT2D eigenvalue weighted by Gasteiger charge is -2.24. The van der Waals surface area contributed by atoms with Crippen LogP contribution < -0.4 is 5.73 Å². The fraction of sp³-hybridized carbons (Fsp3) is 0.615. The highest BCUT2D eigenvalue weighted by molar-refractivity contribution is 7.13. The zero-order chi connectivity index (χ0) is 15.3. The van der Waals surface area contributed by atoms with Gasteiger partial charge in [0.05, 0.1) is 10.7 Å². The predicted octanol–water partition coefficient (Wildman–Crippen LogP) is 1.99. The van der Waals surface area contributed by atoms with E-state index < -0.39 is 0 Å². The number of hydrogen-bond donors (Lipinski definition) is 2. The first-order valence-electron chi connectivity index (χ1n) is 6.54. The van der Waals surface area contributed by atoms with Crippen molar-refractivity contribution in [3.05, 3.63) is 15.6 Å². The summed E-state index contributed by atoms with van der Waals surface area (Å²) < 4.78 is 0. The molecule has 0 spiro atoms. The van der Waals surface area contributed by atoms with E-state index in [-0.39, 0.29) is 11.7 Å². The second-order valence-corrected chi connectivity index (χ2v) is 6.34. The average Bonchev–Trinajstić information content (AvgIpc) is 2.71. The van der Waals surface area contributed by atoms with Gasteiger partial charge in [0.1, 0.15) is 10.7 Å². The van der Waals surface area contributed by atoms with Gasteiger partial charge in [0.2, 0.25) is 0 Å². The quantitative estimate of drug-likeness (QED) is 0.363. The number of amides is 1. The minimum atomic E-state index is -0.0347. The zero-order valence-corrected chi connectivity index (χ0v) is 13.2. The van der Waals surface area contributed by atoms with Gasteiger partial charge in [-0.1, -0.05) is 19.0 Å². The van der Waals surface area contributed by atoms with E-state index in [4.69, 9.17) is 10.9 Å². The molecule has 112 valence electrons. The molecule has 0 fully saturated rings. The van der Waals surface area contributed by atoms with Gasteiger partial charge in [0.25, 0.3) is 5.91 Å². The number of thiazole rings is 1. The van der Waals surface area contributed by atoms with Crippen molar-refractivity contribution in [1.82, 2.24) is 9.88 Å². The largest absolute Gasteiger partial charge is 0.409 e. The van der Waals surface area contributed by atoms with Gasteiger partial charge >= 0.3 is 0 Å². The molecule has 0 aromatic carbocycles. The molecule has 0 bridgehead atoms. The van der Waals surface area contributed by atoms with Crippen LogP contribution in [0, 0.1) is 19.8 Å². The Hall–Kier alpha value is -1.63. The number of nitrogens with zero attached hydrogens (tertiary/aromatic N) is 3. The number of oxime groups is 1. The Kier molecular flexibility index (Phi) is 5.94. The van der Waals surface area contributed by atoms with Crippen LogP contribution in [0.1, 0.15) is 40.6 Å². The monoisotopic (exact) mass is 298 g/mol. The predicted molar refractivity (Wildman–Crippen MR) is 80.4 cm³/mol. The molecule has 7 heteroatoms. The summed E-state index contributed by atoms with van der Waals surface area (Å²) in [5.41, 5.74) is 6.24. The van der Waals surface area contributed by atoms with Gasteiger partial charge in [-0.25, -0.2) is 4.98 Å². The topological polar surface area (TPSA) is 91.8 Å². The van der Waals surface area contributed by atoms with Crippen molar-refractivity contribution in [2.24, 2.45) is 16.8 Å². The van der Waals surface area contributed by atoms with E-state index in [0.29, 0.717) is 30.3 Å². The molecule has 3 N–H and O–H groups in total. The molecule has 0 atom stereocenters. The number of amidine groups is 1. The average molecular weight is 298 g/mol. The highest BCUT2D eigenvalue weighted by Crippen LogP contribution is 2.20. The summed E-state index contributed by atoms with van der Waals surface area (Å²) >= 11 is 1.40. The van der Waals surface area contributed by atoms with Crippen molar-refractivity contribution in [3.8, 4) is 0 Å². The molecule has 0 aliphatic carbocycles. The van der Waals surface area contributed by atoms with Crippen molar-refractivity contribution in [2.75, 3.05) is 13.1 Å². The number of aryl methyl sites for hydroxylation is 2. The molecule has 1 heterocycles. The van der Waals surface area contributed by atoms with Crippen molar-refractivity contribution < 1.29 is 10.0 Å². The fourth-order valence-corrected chi connectivity index (χ4v) is 2.78. The molecular weight excluding hydrogens is 276 g/mol. The first-order chi connectivity index (χ1) is 9.35. The van der Waals surface area contributed by atoms with Crippen LogP contribution in [0.3, 0.4) is 0 Å². The van der Waals surface area contributed by atoms with E-state index in [9.17, 15) is 4.79 Å². The van der Waals surface area contributed by atoms with Crippen molar-refractivity contribution in [2.45, 2.75) is 34.1 Å². The second-order valence-electron chi connectivity index (χ2n) is 5.13. The van der Waals surface area contributed by atoms with Gasteiger partial charge in [-0.05, 0) is 19.8 Å². The highest BCUT2D eigenvalue weighted by atomic mass is 32.1. The number of hydrogen-bond acceptors (Lipinski definition) is 5. The van der Waals surface area contributed by atoms with E-state index >= 15 is 0 Å². The SMILES string of the molecule is Cc1nc(C)c(C(=O)N(CCC(N)=NO)CC(C)C)s1. The summed E-state index contributed by atoms with van der Waals surface area (Å²) in [6.45, 7) is 8.89. The standard InChI is InChI=1S/C13H22N4O2S/c1-8(2)7-17(6-5-11(14)16-19)13(18)12-9(3)15-10(4)20-12/h8,19H,5-7H2,1-4H3,(H2,14,16). The van der Waals surface area contributed by atoms with Crippen molar-refractivity contribution in [3.63, 3.8) is 0 Å². The molecule has 1 amide bonds. The number of carbonyl (C=O) groups excluding carboxylic acids is 1. The van der Waals surface area contributed by atoms with E-state index in [1.807, 2.05) is 13.8 Å². The molecule has 0 aliphatic rings. The molecule has 1 aromatic rings. The van der Waals surface area contributed by atoms with Crippen LogP contribution in [-0.2, 0) is 0 Å². The van der Waals surface area contributed by atoms with Crippen LogP contribution in [0.4, 0.5) is 0 Å². The number of carbonyl (C=O) groups is 1. The molecule has 0 aliphatic heterocycles. The minimum absolute atomic E-state index is 0.0347. The van der Waals surface area contributed by atoms with Crippen molar-refractivity contribution >= 4 is 23.1 Å². The molecule has 0 unspecified atom stereocenters. The van der Waals surface area contributed by atoms with Crippen LogP contribution in [0.25, 0.3) is 0 Å². The molecule has 20 heavy (non-hydrogen) atoms. The lowest BCUT2D eigenvalue weighted by atomic mass is 10.2. The maximum absolute atomic E-state index is 12.6. The Morgan fingerprint density at radius 2 is 2.15 bits per heavy atom. The third kappa shape index (κ3) is 4.48. The third-order valence-corrected chi connectivity index (χ3v) is 3.80. The Labute approximate surface area is 123 Å². The fourth-order valence-electron chi connectivity index (χ4n) is 1.89. The van der Waals surface area contributed by atoms with Gasteiger partial charge in [0.15, 0.2) is 0 Å². The van der Waals surface area contributed by atoms with Gasteiger partial charge in [0, 0.05) is 19.5 Å². The maximum Gasteiger partial charge on any atom is 0.265 e. The van der Waals surface area contributed by atoms with Gasteiger partial charge in [-0.3, -0.25) is 4.79 Å². The highest BCUT2D eigenvalue weighted by Gasteiger charge is 2.21.